The molecule has 2 N–H and O–H groups in total. The van der Waals surface area contributed by atoms with E-state index in [2.05, 4.69) is 0 Å². The largest absolute Gasteiger partial charge is 0.508 e. The van der Waals surface area contributed by atoms with Crippen molar-refractivity contribution in [1.82, 2.24) is 0 Å². The van der Waals surface area contributed by atoms with Gasteiger partial charge in [-0.25, -0.2) is 4.79 Å². The number of benzene rings is 1. The topological polar surface area (TPSA) is 104 Å². The maximum Gasteiger partial charge on any atom is 0.338 e. The number of methoxy groups -OCH3 is 2. The van der Waals surface area contributed by atoms with Gasteiger partial charge in [0.2, 0.25) is 0 Å². The van der Waals surface area contributed by atoms with E-state index >= 15 is 0 Å². The Morgan fingerprint density at radius 3 is 2.14 bits per heavy atom. The Morgan fingerprint density at radius 1 is 1.03 bits per heavy atom. The second kappa shape index (κ2) is 14.5. The number of hydrogen-bond acceptors (Lipinski definition) is 8. The van der Waals surface area contributed by atoms with Crippen molar-refractivity contribution >= 4 is 14.5 Å². The second-order valence-electron chi connectivity index (χ2n) is 6.64. The first-order chi connectivity index (χ1) is 14.0. The Kier molecular flexibility index (Phi) is 12.8. The third-order valence-electron chi connectivity index (χ3n) is 4.45. The Hall–Kier alpha value is -1.49. The molecule has 8 nitrogen and oxygen atoms in total. The molecule has 1 atom stereocenters. The van der Waals surface area contributed by atoms with Crippen LogP contribution in [-0.4, -0.2) is 78.1 Å². The van der Waals surface area contributed by atoms with Crippen LogP contribution in [0.3, 0.4) is 0 Å². The first-order valence-electron chi connectivity index (χ1n) is 9.86. The zero-order valence-corrected chi connectivity index (χ0v) is 18.6. The molecular weight excluding hydrogens is 396 g/mol. The highest BCUT2D eigenvalue weighted by Gasteiger charge is 2.35. The van der Waals surface area contributed by atoms with Gasteiger partial charge in [0.05, 0.1) is 38.1 Å². The molecule has 1 rings (SSSR count). The molecular formula is C20H34O8Si. The third kappa shape index (κ3) is 10.2. The van der Waals surface area contributed by atoms with Crippen molar-refractivity contribution in [3.8, 4) is 5.75 Å². The summed E-state index contributed by atoms with van der Waals surface area (Å²) in [4.78, 5) is 12.0. The predicted molar refractivity (Wildman–Crippen MR) is 110 cm³/mol. The number of phenols is 1. The van der Waals surface area contributed by atoms with Gasteiger partial charge < -0.3 is 33.3 Å². The number of aromatic hydroxyl groups is 1. The normalized spacial score (nSPS) is 12.7. The molecule has 0 aliphatic heterocycles. The van der Waals surface area contributed by atoms with Gasteiger partial charge in [0.25, 0.3) is 0 Å². The fourth-order valence-corrected chi connectivity index (χ4v) is 5.52. The number of carbonyl (C=O) groups is 1. The summed E-state index contributed by atoms with van der Waals surface area (Å²) in [5.74, 6) is -0.460. The van der Waals surface area contributed by atoms with Crippen molar-refractivity contribution in [2.24, 2.45) is 0 Å². The molecule has 0 aromatic heterocycles. The zero-order valence-electron chi connectivity index (χ0n) is 17.6. The molecule has 1 aromatic rings. The molecule has 1 unspecified atom stereocenters. The Labute approximate surface area is 173 Å². The highest BCUT2D eigenvalue weighted by atomic mass is 28.4. The fraction of sp³-hybridized carbons (Fsp3) is 0.650. The molecule has 166 valence electrons. The smallest absolute Gasteiger partial charge is 0.338 e. The van der Waals surface area contributed by atoms with Gasteiger partial charge in [0.1, 0.15) is 12.4 Å². The summed E-state index contributed by atoms with van der Waals surface area (Å²) in [5, 5.41) is 19.4. The van der Waals surface area contributed by atoms with Crippen LogP contribution in [0.1, 0.15) is 30.1 Å². The van der Waals surface area contributed by atoms with E-state index in [1.165, 1.54) is 24.3 Å². The molecule has 0 fully saturated rings. The minimum Gasteiger partial charge on any atom is -0.508 e. The maximum atomic E-state index is 12.0. The summed E-state index contributed by atoms with van der Waals surface area (Å²) < 4.78 is 27.4. The van der Waals surface area contributed by atoms with Crippen molar-refractivity contribution in [2.45, 2.75) is 38.0 Å². The van der Waals surface area contributed by atoms with Crippen molar-refractivity contribution in [1.29, 1.82) is 0 Å². The Bertz CT molecular complexity index is 556. The van der Waals surface area contributed by atoms with E-state index in [0.717, 1.165) is 12.1 Å². The number of rotatable bonds is 16. The van der Waals surface area contributed by atoms with Crippen molar-refractivity contribution < 1.29 is 38.1 Å². The molecule has 1 aromatic carbocycles. The number of hydrogen-bond donors (Lipinski definition) is 2. The summed E-state index contributed by atoms with van der Waals surface area (Å²) in [7, 11) is 0.834. The van der Waals surface area contributed by atoms with Gasteiger partial charge in [-0.1, -0.05) is 6.92 Å². The second-order valence-corrected chi connectivity index (χ2v) is 10.2. The quantitative estimate of drug-likeness (QED) is 0.234. The summed E-state index contributed by atoms with van der Waals surface area (Å²) >= 11 is 0. The van der Waals surface area contributed by atoms with Gasteiger partial charge in [-0.2, -0.15) is 0 Å². The first kappa shape index (κ1) is 25.5. The number of aliphatic hydroxyl groups is 1. The van der Waals surface area contributed by atoms with Gasteiger partial charge >= 0.3 is 14.5 Å². The molecule has 0 aliphatic rings. The minimum absolute atomic E-state index is 0.0746. The molecule has 0 amide bonds. The number of aliphatic hydroxyl groups excluding tert-OH is 1. The molecule has 0 heterocycles. The van der Waals surface area contributed by atoms with Gasteiger partial charge in [-0.15, -0.1) is 0 Å². The van der Waals surface area contributed by atoms with E-state index in [1.807, 2.05) is 6.92 Å². The minimum atomic E-state index is -2.42. The van der Waals surface area contributed by atoms with E-state index in [4.69, 9.17) is 23.1 Å². The summed E-state index contributed by atoms with van der Waals surface area (Å²) in [5.41, 5.74) is 0.325. The van der Waals surface area contributed by atoms with Crippen molar-refractivity contribution in [2.75, 3.05) is 47.3 Å². The van der Waals surface area contributed by atoms with Gasteiger partial charge in [0, 0.05) is 14.2 Å². The monoisotopic (exact) mass is 430 g/mol. The van der Waals surface area contributed by atoms with E-state index in [9.17, 15) is 15.0 Å². The van der Waals surface area contributed by atoms with Crippen LogP contribution in [0.4, 0.5) is 0 Å². The lowest BCUT2D eigenvalue weighted by molar-refractivity contribution is 0.0233. The summed E-state index contributed by atoms with van der Waals surface area (Å²) in [6.45, 7) is 3.89. The predicted octanol–water partition coefficient (Wildman–Crippen LogP) is 2.48. The first-order valence-corrected chi connectivity index (χ1v) is 12.1. The molecule has 9 heteroatoms. The molecule has 29 heavy (non-hydrogen) atoms. The van der Waals surface area contributed by atoms with Crippen LogP contribution in [-0.2, 0) is 23.1 Å². The molecule has 0 bridgehead atoms. The van der Waals surface area contributed by atoms with Crippen LogP contribution >= 0.6 is 0 Å². The standard InChI is InChI=1S/C20H34O8Si/c1-4-29(27-13-11-24-2,28-14-12-25-3)15-5-6-19(22)16-26-20(23)17-7-9-18(21)10-8-17/h7-10,19,21-22H,4-6,11-16H2,1-3H3. The molecule has 0 aliphatic carbocycles. The average molecular weight is 431 g/mol. The number of ether oxygens (including phenoxy) is 3. The maximum absolute atomic E-state index is 12.0. The van der Waals surface area contributed by atoms with Crippen molar-refractivity contribution in [3.63, 3.8) is 0 Å². The lowest BCUT2D eigenvalue weighted by Gasteiger charge is -2.30. The summed E-state index contributed by atoms with van der Waals surface area (Å²) in [6.07, 6.45) is 0.397. The van der Waals surface area contributed by atoms with Gasteiger partial charge in [-0.3, -0.25) is 0 Å². The molecule has 0 saturated heterocycles. The van der Waals surface area contributed by atoms with E-state index < -0.39 is 20.6 Å². The SMILES string of the molecule is CC[Si](CCCC(O)COC(=O)c1ccc(O)cc1)(OCCOC)OCCOC. The van der Waals surface area contributed by atoms with Gasteiger partial charge in [0.15, 0.2) is 0 Å². The van der Waals surface area contributed by atoms with Crippen LogP contribution in [0.25, 0.3) is 0 Å². The summed E-state index contributed by atoms with van der Waals surface area (Å²) in [6, 6.07) is 7.27. The van der Waals surface area contributed by atoms with E-state index in [0.29, 0.717) is 44.8 Å². The highest BCUT2D eigenvalue weighted by Crippen LogP contribution is 2.23. The number of esters is 1. The molecule has 0 saturated carbocycles. The average Bonchev–Trinajstić information content (AvgIpc) is 2.72. The number of phenolic OH excluding ortho intramolecular Hbond substituents is 1. The third-order valence-corrected chi connectivity index (χ3v) is 8.10. The fourth-order valence-electron chi connectivity index (χ4n) is 2.73. The van der Waals surface area contributed by atoms with Crippen LogP contribution < -0.4 is 0 Å². The zero-order chi connectivity index (χ0) is 21.5. The highest BCUT2D eigenvalue weighted by molar-refractivity contribution is 6.67. The van der Waals surface area contributed by atoms with E-state index in [1.54, 1.807) is 14.2 Å². The van der Waals surface area contributed by atoms with Crippen LogP contribution in [0.15, 0.2) is 24.3 Å². The lowest BCUT2D eigenvalue weighted by Crippen LogP contribution is -2.43. The molecule has 0 spiro atoms. The number of carbonyl (C=O) groups excluding carboxylic acids is 1. The van der Waals surface area contributed by atoms with Crippen LogP contribution in [0.5, 0.6) is 5.75 Å². The van der Waals surface area contributed by atoms with Crippen molar-refractivity contribution in [3.05, 3.63) is 29.8 Å². The van der Waals surface area contributed by atoms with Gasteiger partial charge in [-0.05, 0) is 49.2 Å². The Balaban J connectivity index is 2.43. The van der Waals surface area contributed by atoms with Crippen LogP contribution in [0.2, 0.25) is 12.1 Å². The lowest BCUT2D eigenvalue weighted by atomic mass is 10.2. The van der Waals surface area contributed by atoms with E-state index in [-0.39, 0.29) is 12.4 Å². The Morgan fingerprint density at radius 2 is 1.62 bits per heavy atom. The van der Waals surface area contributed by atoms with Crippen LogP contribution in [0, 0.1) is 0 Å². The molecule has 0 radical (unpaired) electrons.